The molecule has 0 spiro atoms. The van der Waals surface area contributed by atoms with E-state index in [-0.39, 0.29) is 11.3 Å². The number of aryl methyl sites for hydroxylation is 1. The highest BCUT2D eigenvalue weighted by atomic mass is 32.1. The molecular formula is C14H12F2OS. The van der Waals surface area contributed by atoms with E-state index >= 15 is 0 Å². The number of rotatable bonds is 3. The lowest BCUT2D eigenvalue weighted by atomic mass is 10.1. The third-order valence-electron chi connectivity index (χ3n) is 2.73. The minimum Gasteiger partial charge on any atom is -0.293 e. The van der Waals surface area contributed by atoms with Crippen LogP contribution < -0.4 is 0 Å². The van der Waals surface area contributed by atoms with E-state index in [0.29, 0.717) is 21.7 Å². The van der Waals surface area contributed by atoms with Crippen molar-refractivity contribution in [1.29, 1.82) is 0 Å². The minimum atomic E-state index is -0.601. The van der Waals surface area contributed by atoms with Gasteiger partial charge in [-0.1, -0.05) is 13.0 Å². The van der Waals surface area contributed by atoms with Gasteiger partial charge in [-0.3, -0.25) is 4.79 Å². The Morgan fingerprint density at radius 2 is 1.94 bits per heavy atom. The highest BCUT2D eigenvalue weighted by molar-refractivity contribution is 7.17. The molecule has 2 rings (SSSR count). The molecule has 1 aromatic carbocycles. The summed E-state index contributed by atoms with van der Waals surface area (Å²) in [7, 11) is 0. The van der Waals surface area contributed by atoms with Crippen LogP contribution >= 0.6 is 11.3 Å². The molecule has 2 aromatic rings. The van der Waals surface area contributed by atoms with Gasteiger partial charge in [0.1, 0.15) is 11.6 Å². The van der Waals surface area contributed by atoms with Crippen LogP contribution in [0.15, 0.2) is 24.3 Å². The molecule has 0 fully saturated rings. The fourth-order valence-corrected chi connectivity index (χ4v) is 2.74. The van der Waals surface area contributed by atoms with E-state index in [2.05, 4.69) is 0 Å². The molecule has 18 heavy (non-hydrogen) atoms. The molecule has 0 saturated heterocycles. The third kappa shape index (κ3) is 2.20. The number of Topliss-reactive ketones (excluding diaryl/α,β-unsaturated/α-hetero) is 1. The number of carbonyl (C=O) groups is 1. The Balaban J connectivity index is 2.53. The van der Waals surface area contributed by atoms with Gasteiger partial charge in [-0.05, 0) is 30.7 Å². The number of ketones is 1. The van der Waals surface area contributed by atoms with Crippen LogP contribution in [0.1, 0.15) is 28.6 Å². The molecule has 1 heterocycles. The Labute approximate surface area is 108 Å². The standard InChI is InChI=1S/C14H12F2OS/c1-3-10(17)11-6-7-12(18-11)13-9(15)5-4-8(2)14(13)16/h4-7H,3H2,1-2H3. The number of thiophene rings is 1. The second-order valence-electron chi connectivity index (χ2n) is 3.99. The molecule has 94 valence electrons. The molecular weight excluding hydrogens is 254 g/mol. The fraction of sp³-hybridized carbons (Fsp3) is 0.214. The van der Waals surface area contributed by atoms with Gasteiger partial charge in [0.25, 0.3) is 0 Å². The van der Waals surface area contributed by atoms with Crippen LogP contribution in [-0.4, -0.2) is 5.78 Å². The summed E-state index contributed by atoms with van der Waals surface area (Å²) >= 11 is 1.13. The molecule has 0 radical (unpaired) electrons. The lowest BCUT2D eigenvalue weighted by Crippen LogP contribution is -1.92. The second kappa shape index (κ2) is 4.98. The van der Waals surface area contributed by atoms with Crippen molar-refractivity contribution >= 4 is 17.1 Å². The van der Waals surface area contributed by atoms with Crippen molar-refractivity contribution in [2.75, 3.05) is 0 Å². The van der Waals surface area contributed by atoms with E-state index in [1.165, 1.54) is 12.1 Å². The first-order chi connectivity index (χ1) is 8.54. The van der Waals surface area contributed by atoms with Crippen LogP contribution in [0.3, 0.4) is 0 Å². The molecule has 1 aromatic heterocycles. The van der Waals surface area contributed by atoms with Crippen LogP contribution in [0.2, 0.25) is 0 Å². The number of halogens is 2. The van der Waals surface area contributed by atoms with Crippen molar-refractivity contribution < 1.29 is 13.6 Å². The van der Waals surface area contributed by atoms with Crippen molar-refractivity contribution in [2.24, 2.45) is 0 Å². The van der Waals surface area contributed by atoms with Gasteiger partial charge in [-0.2, -0.15) is 0 Å². The number of hydrogen-bond donors (Lipinski definition) is 0. The Kier molecular flexibility index (Phi) is 3.57. The highest BCUT2D eigenvalue weighted by Gasteiger charge is 2.16. The van der Waals surface area contributed by atoms with Crippen molar-refractivity contribution in [3.63, 3.8) is 0 Å². The summed E-state index contributed by atoms with van der Waals surface area (Å²) in [6.45, 7) is 3.35. The topological polar surface area (TPSA) is 17.1 Å². The van der Waals surface area contributed by atoms with Crippen LogP contribution in [0.4, 0.5) is 8.78 Å². The van der Waals surface area contributed by atoms with Gasteiger partial charge in [-0.15, -0.1) is 11.3 Å². The normalized spacial score (nSPS) is 10.7. The van der Waals surface area contributed by atoms with E-state index in [9.17, 15) is 13.6 Å². The molecule has 0 N–H and O–H groups in total. The van der Waals surface area contributed by atoms with E-state index in [1.807, 2.05) is 0 Å². The summed E-state index contributed by atoms with van der Waals surface area (Å²) in [5.41, 5.74) is 0.346. The molecule has 0 unspecified atom stereocenters. The van der Waals surface area contributed by atoms with Gasteiger partial charge in [0.2, 0.25) is 0 Å². The van der Waals surface area contributed by atoms with Gasteiger partial charge in [0, 0.05) is 11.3 Å². The van der Waals surface area contributed by atoms with Gasteiger partial charge < -0.3 is 0 Å². The van der Waals surface area contributed by atoms with E-state index in [4.69, 9.17) is 0 Å². The Morgan fingerprint density at radius 1 is 1.22 bits per heavy atom. The maximum atomic E-state index is 13.9. The molecule has 0 amide bonds. The molecule has 0 aliphatic heterocycles. The highest BCUT2D eigenvalue weighted by Crippen LogP contribution is 2.33. The lowest BCUT2D eigenvalue weighted by molar-refractivity contribution is 0.0992. The van der Waals surface area contributed by atoms with Crippen LogP contribution in [0.5, 0.6) is 0 Å². The average Bonchev–Trinajstić information content (AvgIpc) is 2.83. The summed E-state index contributed by atoms with van der Waals surface area (Å²) in [5, 5.41) is 0. The molecule has 0 bridgehead atoms. The van der Waals surface area contributed by atoms with Crippen molar-refractivity contribution in [3.8, 4) is 10.4 Å². The maximum absolute atomic E-state index is 13.9. The fourth-order valence-electron chi connectivity index (χ4n) is 1.68. The molecule has 0 atom stereocenters. The zero-order chi connectivity index (χ0) is 13.3. The SMILES string of the molecule is CCC(=O)c1ccc(-c2c(F)ccc(C)c2F)s1. The zero-order valence-electron chi connectivity index (χ0n) is 10.1. The summed E-state index contributed by atoms with van der Waals surface area (Å²) in [6, 6.07) is 5.86. The van der Waals surface area contributed by atoms with Crippen LogP contribution in [0.25, 0.3) is 10.4 Å². The van der Waals surface area contributed by atoms with Gasteiger partial charge in [0.05, 0.1) is 10.4 Å². The smallest absolute Gasteiger partial charge is 0.172 e. The summed E-state index contributed by atoms with van der Waals surface area (Å²) in [6.07, 6.45) is 0.388. The van der Waals surface area contributed by atoms with Gasteiger partial charge in [0.15, 0.2) is 5.78 Å². The van der Waals surface area contributed by atoms with Crippen molar-refractivity contribution in [3.05, 3.63) is 46.3 Å². The quantitative estimate of drug-likeness (QED) is 0.742. The van der Waals surface area contributed by atoms with Crippen molar-refractivity contribution in [2.45, 2.75) is 20.3 Å². The summed E-state index contributed by atoms with van der Waals surface area (Å²) in [5.74, 6) is -1.18. The Bertz CT molecular complexity index is 602. The molecule has 0 aliphatic rings. The monoisotopic (exact) mass is 266 g/mol. The van der Waals surface area contributed by atoms with Crippen LogP contribution in [-0.2, 0) is 0 Å². The van der Waals surface area contributed by atoms with Gasteiger partial charge in [-0.25, -0.2) is 8.78 Å². The minimum absolute atomic E-state index is 0.0141. The van der Waals surface area contributed by atoms with E-state index < -0.39 is 11.6 Å². The average molecular weight is 266 g/mol. The maximum Gasteiger partial charge on any atom is 0.172 e. The molecule has 0 aliphatic carbocycles. The first-order valence-corrected chi connectivity index (χ1v) is 6.44. The molecule has 1 nitrogen and oxygen atoms in total. The van der Waals surface area contributed by atoms with Crippen LogP contribution in [0, 0.1) is 18.6 Å². The molecule has 0 saturated carbocycles. The van der Waals surface area contributed by atoms with Gasteiger partial charge >= 0.3 is 0 Å². The third-order valence-corrected chi connectivity index (χ3v) is 3.88. The first-order valence-electron chi connectivity index (χ1n) is 5.62. The Hall–Kier alpha value is -1.55. The molecule has 4 heteroatoms. The number of carbonyl (C=O) groups excluding carboxylic acids is 1. The van der Waals surface area contributed by atoms with E-state index in [1.54, 1.807) is 26.0 Å². The first kappa shape index (κ1) is 12.9. The predicted octanol–water partition coefficient (Wildman–Crippen LogP) is 4.59. The number of benzene rings is 1. The Morgan fingerprint density at radius 3 is 2.61 bits per heavy atom. The second-order valence-corrected chi connectivity index (χ2v) is 5.08. The predicted molar refractivity (Wildman–Crippen MR) is 69.0 cm³/mol. The zero-order valence-corrected chi connectivity index (χ0v) is 10.9. The lowest BCUT2D eigenvalue weighted by Gasteiger charge is -2.04. The van der Waals surface area contributed by atoms with Crippen molar-refractivity contribution in [1.82, 2.24) is 0 Å². The summed E-state index contributed by atoms with van der Waals surface area (Å²) in [4.78, 5) is 12.5. The largest absolute Gasteiger partial charge is 0.293 e. The summed E-state index contributed by atoms with van der Waals surface area (Å²) < 4.78 is 27.6. The number of hydrogen-bond acceptors (Lipinski definition) is 2. The van der Waals surface area contributed by atoms with E-state index in [0.717, 1.165) is 11.3 Å².